The highest BCUT2D eigenvalue weighted by Gasteiger charge is 2.33. The molecule has 0 spiro atoms. The first-order valence-corrected chi connectivity index (χ1v) is 7.62. The molecule has 1 saturated heterocycles. The second kappa shape index (κ2) is 7.39. The number of ether oxygens (including phenoxy) is 1. The zero-order valence-electron chi connectivity index (χ0n) is 11.4. The number of piperazine rings is 1. The number of carbonyl (C=O) groups excluding carboxylic acids is 1. The molecule has 0 saturated carbocycles. The van der Waals surface area contributed by atoms with E-state index in [1.54, 1.807) is 11.8 Å². The van der Waals surface area contributed by atoms with Gasteiger partial charge in [-0.2, -0.15) is 4.31 Å². The average Bonchev–Trinajstić information content (AvgIpc) is 2.26. The van der Waals surface area contributed by atoms with Crippen LogP contribution in [0, 0.1) is 0 Å². The van der Waals surface area contributed by atoms with Gasteiger partial charge in [0.1, 0.15) is 6.04 Å². The molecule has 0 bridgehead atoms. The zero-order chi connectivity index (χ0) is 13.9. The van der Waals surface area contributed by atoms with Crippen LogP contribution in [0.25, 0.3) is 0 Å². The van der Waals surface area contributed by atoms with Gasteiger partial charge in [0.2, 0.25) is 15.9 Å². The molecule has 0 radical (unpaired) electrons. The lowest BCUT2D eigenvalue weighted by Crippen LogP contribution is -2.58. The van der Waals surface area contributed by atoms with Gasteiger partial charge in [0.15, 0.2) is 0 Å². The maximum atomic E-state index is 11.9. The third kappa shape index (κ3) is 4.88. The summed E-state index contributed by atoms with van der Waals surface area (Å²) in [4.78, 5) is 13.5. The molecule has 1 aliphatic rings. The number of sulfonamides is 1. The van der Waals surface area contributed by atoms with Gasteiger partial charge in [-0.15, -0.1) is 12.4 Å². The molecule has 2 N–H and O–H groups in total. The Hall–Kier alpha value is -0.410. The number of nitrogens with two attached hydrogens (primary N) is 1. The largest absolute Gasteiger partial charge is 0.383 e. The van der Waals surface area contributed by atoms with E-state index in [-0.39, 0.29) is 31.0 Å². The van der Waals surface area contributed by atoms with E-state index in [1.165, 1.54) is 17.7 Å². The molecular weight excluding hydrogens is 294 g/mol. The summed E-state index contributed by atoms with van der Waals surface area (Å²) in [7, 11) is -1.73. The van der Waals surface area contributed by atoms with Gasteiger partial charge >= 0.3 is 0 Å². The summed E-state index contributed by atoms with van der Waals surface area (Å²) in [5.74, 6) is -0.197. The Bertz CT molecular complexity index is 404. The van der Waals surface area contributed by atoms with Gasteiger partial charge in [-0.3, -0.25) is 4.79 Å². The van der Waals surface area contributed by atoms with E-state index in [1.807, 2.05) is 0 Å². The topological polar surface area (TPSA) is 92.9 Å². The minimum atomic E-state index is -3.22. The Morgan fingerprint density at radius 2 is 2.05 bits per heavy atom. The van der Waals surface area contributed by atoms with Crippen molar-refractivity contribution in [2.24, 2.45) is 5.73 Å². The van der Waals surface area contributed by atoms with Crippen molar-refractivity contribution in [3.05, 3.63) is 0 Å². The summed E-state index contributed by atoms with van der Waals surface area (Å²) in [6.07, 6.45) is 1.18. The third-order valence-electron chi connectivity index (χ3n) is 2.97. The first kappa shape index (κ1) is 18.6. The zero-order valence-corrected chi connectivity index (χ0v) is 13.0. The van der Waals surface area contributed by atoms with E-state index in [4.69, 9.17) is 10.5 Å². The number of halogens is 1. The Balaban J connectivity index is 0.00000324. The van der Waals surface area contributed by atoms with Crippen LogP contribution in [0.3, 0.4) is 0 Å². The Morgan fingerprint density at radius 1 is 1.47 bits per heavy atom. The van der Waals surface area contributed by atoms with Crippen molar-refractivity contribution in [3.8, 4) is 0 Å². The van der Waals surface area contributed by atoms with E-state index >= 15 is 0 Å². The Labute approximate surface area is 120 Å². The molecule has 9 heteroatoms. The normalized spacial score (nSPS) is 22.7. The highest BCUT2D eigenvalue weighted by Crippen LogP contribution is 2.13. The second-order valence-corrected chi connectivity index (χ2v) is 6.50. The van der Waals surface area contributed by atoms with Crippen LogP contribution in [-0.4, -0.2) is 75.2 Å². The average molecular weight is 316 g/mol. The summed E-state index contributed by atoms with van der Waals surface area (Å²) in [5, 5.41) is 0. The second-order valence-electron chi connectivity index (χ2n) is 4.57. The molecule has 7 nitrogen and oxygen atoms in total. The van der Waals surface area contributed by atoms with Gasteiger partial charge in [-0.05, 0) is 6.92 Å². The fourth-order valence-corrected chi connectivity index (χ4v) is 3.25. The van der Waals surface area contributed by atoms with E-state index in [0.717, 1.165) is 0 Å². The van der Waals surface area contributed by atoms with Crippen LogP contribution in [0.2, 0.25) is 0 Å². The van der Waals surface area contributed by atoms with Crippen molar-refractivity contribution in [1.82, 2.24) is 9.21 Å². The van der Waals surface area contributed by atoms with Crippen molar-refractivity contribution >= 4 is 28.3 Å². The molecule has 1 rings (SSSR count). The number of amides is 1. The first-order chi connectivity index (χ1) is 8.27. The molecule has 0 aliphatic carbocycles. The molecule has 19 heavy (non-hydrogen) atoms. The van der Waals surface area contributed by atoms with E-state index in [9.17, 15) is 13.2 Å². The lowest BCUT2D eigenvalue weighted by atomic mass is 10.2. The van der Waals surface area contributed by atoms with Crippen LogP contribution in [0.1, 0.15) is 6.92 Å². The standard InChI is InChI=1S/C10H21N3O4S.ClH/c1-8-6-12(10(14)9(11)7-17-2)4-5-13(8)18(3,15)16;/h8-9H,4-7,11H2,1-3H3;1H/t8-,9?;/m0./s1. The minimum Gasteiger partial charge on any atom is -0.383 e. The van der Waals surface area contributed by atoms with Crippen LogP contribution >= 0.6 is 12.4 Å². The van der Waals surface area contributed by atoms with Crippen molar-refractivity contribution in [1.29, 1.82) is 0 Å². The lowest BCUT2D eigenvalue weighted by molar-refractivity contribution is -0.135. The van der Waals surface area contributed by atoms with Crippen LogP contribution in [0.4, 0.5) is 0 Å². The molecule has 0 aromatic carbocycles. The summed E-state index contributed by atoms with van der Waals surface area (Å²) in [6, 6.07) is -0.917. The maximum absolute atomic E-state index is 11.9. The number of rotatable bonds is 4. The number of carbonyl (C=O) groups is 1. The summed E-state index contributed by atoms with van der Waals surface area (Å²) in [6.45, 7) is 2.99. The minimum absolute atomic E-state index is 0. The monoisotopic (exact) mass is 315 g/mol. The van der Waals surface area contributed by atoms with Gasteiger partial charge in [0.25, 0.3) is 0 Å². The number of hydrogen-bond donors (Lipinski definition) is 1. The highest BCUT2D eigenvalue weighted by atomic mass is 35.5. The Morgan fingerprint density at radius 3 is 2.47 bits per heavy atom. The smallest absolute Gasteiger partial charge is 0.241 e. The number of hydrogen-bond acceptors (Lipinski definition) is 5. The molecule has 2 atom stereocenters. The van der Waals surface area contributed by atoms with Gasteiger partial charge in [0.05, 0.1) is 12.9 Å². The molecule has 1 heterocycles. The van der Waals surface area contributed by atoms with Crippen LogP contribution in [-0.2, 0) is 19.6 Å². The van der Waals surface area contributed by atoms with Gasteiger partial charge in [-0.1, -0.05) is 0 Å². The van der Waals surface area contributed by atoms with E-state index < -0.39 is 16.1 Å². The lowest BCUT2D eigenvalue weighted by Gasteiger charge is -2.39. The summed E-state index contributed by atoms with van der Waals surface area (Å²) >= 11 is 0. The Kier molecular flexibility index (Phi) is 7.23. The van der Waals surface area contributed by atoms with Gasteiger partial charge < -0.3 is 15.4 Å². The number of nitrogens with zero attached hydrogens (tertiary/aromatic N) is 2. The number of methoxy groups -OCH3 is 1. The van der Waals surface area contributed by atoms with Crippen molar-refractivity contribution in [2.45, 2.75) is 19.0 Å². The highest BCUT2D eigenvalue weighted by molar-refractivity contribution is 7.88. The van der Waals surface area contributed by atoms with Crippen molar-refractivity contribution < 1.29 is 17.9 Å². The first-order valence-electron chi connectivity index (χ1n) is 5.77. The molecule has 114 valence electrons. The SMILES string of the molecule is COCC(N)C(=O)N1CCN(S(C)(=O)=O)[C@@H](C)C1.Cl. The van der Waals surface area contributed by atoms with E-state index in [2.05, 4.69) is 0 Å². The molecule has 0 aromatic heterocycles. The quantitative estimate of drug-likeness (QED) is 0.709. The third-order valence-corrected chi connectivity index (χ3v) is 4.36. The van der Waals surface area contributed by atoms with Crippen LogP contribution in [0.15, 0.2) is 0 Å². The van der Waals surface area contributed by atoms with Gasteiger partial charge in [-0.25, -0.2) is 8.42 Å². The molecule has 1 unspecified atom stereocenters. The predicted octanol–water partition coefficient (Wildman–Crippen LogP) is -1.13. The van der Waals surface area contributed by atoms with Crippen LogP contribution < -0.4 is 5.73 Å². The van der Waals surface area contributed by atoms with Gasteiger partial charge in [0, 0.05) is 32.8 Å². The maximum Gasteiger partial charge on any atom is 0.241 e. The van der Waals surface area contributed by atoms with E-state index in [0.29, 0.717) is 19.6 Å². The molecule has 0 aromatic rings. The fourth-order valence-electron chi connectivity index (χ4n) is 2.12. The molecular formula is C10H22ClN3O4S. The molecule has 1 aliphatic heterocycles. The summed E-state index contributed by atoms with van der Waals surface area (Å²) < 4.78 is 29.2. The van der Waals surface area contributed by atoms with Crippen LogP contribution in [0.5, 0.6) is 0 Å². The predicted molar refractivity (Wildman–Crippen MR) is 74.7 cm³/mol. The molecule has 1 fully saturated rings. The fraction of sp³-hybridized carbons (Fsp3) is 0.900. The van der Waals surface area contributed by atoms with Crippen molar-refractivity contribution in [2.75, 3.05) is 39.6 Å². The molecule has 1 amide bonds. The van der Waals surface area contributed by atoms with Crippen molar-refractivity contribution in [3.63, 3.8) is 0 Å². The summed E-state index contributed by atoms with van der Waals surface area (Å²) in [5.41, 5.74) is 5.68.